The Morgan fingerprint density at radius 2 is 1.91 bits per heavy atom. The van der Waals surface area contributed by atoms with E-state index >= 15 is 0 Å². The van der Waals surface area contributed by atoms with E-state index in [0.717, 1.165) is 12.1 Å². The monoisotopic (exact) mass is 361 g/mol. The Balaban J connectivity index is 1.93. The molecule has 0 aliphatic rings. The van der Waals surface area contributed by atoms with Crippen LogP contribution in [0.15, 0.2) is 41.3 Å². The van der Waals surface area contributed by atoms with Crippen molar-refractivity contribution in [1.29, 1.82) is 0 Å². The quantitative estimate of drug-likeness (QED) is 0.803. The zero-order chi connectivity index (χ0) is 17.0. The van der Waals surface area contributed by atoms with Crippen molar-refractivity contribution < 1.29 is 21.9 Å². The molecule has 4 nitrogen and oxygen atoms in total. The van der Waals surface area contributed by atoms with Crippen molar-refractivity contribution in [3.63, 3.8) is 0 Å². The molecule has 0 bridgehead atoms. The molecule has 0 spiro atoms. The molecule has 0 unspecified atom stereocenters. The lowest BCUT2D eigenvalue weighted by Gasteiger charge is -2.10. The Hall–Kier alpha value is -1.70. The lowest BCUT2D eigenvalue weighted by molar-refractivity contribution is 0.305. The van der Waals surface area contributed by atoms with Crippen LogP contribution in [-0.4, -0.2) is 21.6 Å². The van der Waals surface area contributed by atoms with Crippen LogP contribution in [0, 0.1) is 18.6 Å². The normalized spacial score (nSPS) is 11.5. The predicted octanol–water partition coefficient (Wildman–Crippen LogP) is 3.28. The summed E-state index contributed by atoms with van der Waals surface area (Å²) in [7, 11) is -3.71. The third-order valence-corrected chi connectivity index (χ3v) is 4.87. The maximum absolute atomic E-state index is 13.3. The summed E-state index contributed by atoms with van der Waals surface area (Å²) in [6.07, 6.45) is 0. The maximum Gasteiger partial charge on any atom is 0.240 e. The minimum absolute atomic E-state index is 0.0686. The first-order valence-electron chi connectivity index (χ1n) is 6.63. The average Bonchev–Trinajstić information content (AvgIpc) is 2.48. The number of sulfonamides is 1. The largest absolute Gasteiger partial charge is 0.489 e. The van der Waals surface area contributed by atoms with E-state index < -0.39 is 21.7 Å². The van der Waals surface area contributed by atoms with Crippen LogP contribution in [0.4, 0.5) is 8.78 Å². The smallest absolute Gasteiger partial charge is 0.240 e. The van der Waals surface area contributed by atoms with Gasteiger partial charge in [0.25, 0.3) is 0 Å². The van der Waals surface area contributed by atoms with Gasteiger partial charge in [0, 0.05) is 17.6 Å². The highest BCUT2D eigenvalue weighted by atomic mass is 35.5. The first-order chi connectivity index (χ1) is 10.8. The lowest BCUT2D eigenvalue weighted by atomic mass is 10.2. The Bertz CT molecular complexity index is 812. The standard InChI is InChI=1S/C15H14ClF2NO3S/c1-10-8-12(3-4-13(10)16)23(20,21)19-6-7-22-15-5-2-11(17)9-14(15)18/h2-5,8-9,19H,6-7H2,1H3. The number of aryl methyl sites for hydroxylation is 1. The number of nitrogens with one attached hydrogen (secondary N) is 1. The van der Waals surface area contributed by atoms with Crippen LogP contribution in [0.3, 0.4) is 0 Å². The molecular formula is C15H14ClF2NO3S. The van der Waals surface area contributed by atoms with Crippen molar-refractivity contribution in [2.75, 3.05) is 13.2 Å². The SMILES string of the molecule is Cc1cc(S(=O)(=O)NCCOc2ccc(F)cc2F)ccc1Cl. The minimum atomic E-state index is -3.71. The fourth-order valence-electron chi connectivity index (χ4n) is 1.80. The highest BCUT2D eigenvalue weighted by molar-refractivity contribution is 7.89. The third kappa shape index (κ3) is 4.63. The van der Waals surface area contributed by atoms with Gasteiger partial charge in [0.2, 0.25) is 10.0 Å². The number of rotatable bonds is 6. The van der Waals surface area contributed by atoms with Gasteiger partial charge < -0.3 is 4.74 Å². The van der Waals surface area contributed by atoms with Gasteiger partial charge in [-0.2, -0.15) is 0 Å². The van der Waals surface area contributed by atoms with Crippen molar-refractivity contribution in [2.45, 2.75) is 11.8 Å². The molecule has 23 heavy (non-hydrogen) atoms. The lowest BCUT2D eigenvalue weighted by Crippen LogP contribution is -2.28. The van der Waals surface area contributed by atoms with Gasteiger partial charge in [-0.1, -0.05) is 11.6 Å². The zero-order valence-electron chi connectivity index (χ0n) is 12.1. The van der Waals surface area contributed by atoms with Crippen LogP contribution in [-0.2, 0) is 10.0 Å². The van der Waals surface area contributed by atoms with E-state index in [1.54, 1.807) is 6.92 Å². The Labute approximate surface area is 138 Å². The van der Waals surface area contributed by atoms with E-state index in [0.29, 0.717) is 16.7 Å². The van der Waals surface area contributed by atoms with Crippen molar-refractivity contribution >= 4 is 21.6 Å². The zero-order valence-corrected chi connectivity index (χ0v) is 13.7. The van der Waals surface area contributed by atoms with E-state index in [-0.39, 0.29) is 23.8 Å². The molecule has 0 amide bonds. The molecule has 0 saturated heterocycles. The molecule has 2 aromatic carbocycles. The summed E-state index contributed by atoms with van der Waals surface area (Å²) in [4.78, 5) is 0.0763. The van der Waals surface area contributed by atoms with Crippen LogP contribution in [0.25, 0.3) is 0 Å². The van der Waals surface area contributed by atoms with Gasteiger partial charge in [-0.15, -0.1) is 0 Å². The molecule has 0 aliphatic carbocycles. The predicted molar refractivity (Wildman–Crippen MR) is 83.2 cm³/mol. The second kappa shape index (κ2) is 7.25. The summed E-state index contributed by atoms with van der Waals surface area (Å²) >= 11 is 5.85. The second-order valence-electron chi connectivity index (χ2n) is 4.73. The van der Waals surface area contributed by atoms with Crippen LogP contribution in [0.2, 0.25) is 5.02 Å². The molecule has 0 atom stereocenters. The Morgan fingerprint density at radius 1 is 1.17 bits per heavy atom. The summed E-state index contributed by atoms with van der Waals surface area (Å²) in [6, 6.07) is 7.22. The molecule has 0 aromatic heterocycles. The molecule has 1 N–H and O–H groups in total. The van der Waals surface area contributed by atoms with E-state index in [1.165, 1.54) is 18.2 Å². The summed E-state index contributed by atoms with van der Waals surface area (Å²) in [5.41, 5.74) is 0.638. The molecule has 0 aliphatic heterocycles. The Kier molecular flexibility index (Phi) is 5.56. The molecule has 0 fully saturated rings. The average molecular weight is 362 g/mol. The van der Waals surface area contributed by atoms with Crippen molar-refractivity contribution in [2.24, 2.45) is 0 Å². The number of hydrogen-bond donors (Lipinski definition) is 1. The summed E-state index contributed by atoms with van der Waals surface area (Å²) in [5.74, 6) is -1.71. The Morgan fingerprint density at radius 3 is 2.57 bits per heavy atom. The maximum atomic E-state index is 13.3. The van der Waals surface area contributed by atoms with Crippen LogP contribution in [0.1, 0.15) is 5.56 Å². The van der Waals surface area contributed by atoms with Gasteiger partial charge in [0.15, 0.2) is 11.6 Å². The topological polar surface area (TPSA) is 55.4 Å². The second-order valence-corrected chi connectivity index (χ2v) is 6.91. The highest BCUT2D eigenvalue weighted by Gasteiger charge is 2.14. The van der Waals surface area contributed by atoms with Crippen molar-refractivity contribution in [3.8, 4) is 5.75 Å². The van der Waals surface area contributed by atoms with E-state index in [1.807, 2.05) is 0 Å². The summed E-state index contributed by atoms with van der Waals surface area (Å²) in [6.45, 7) is 1.52. The summed E-state index contributed by atoms with van der Waals surface area (Å²) < 4.78 is 57.7. The fourth-order valence-corrected chi connectivity index (χ4v) is 3.01. The molecule has 2 rings (SSSR count). The van der Waals surface area contributed by atoms with E-state index in [9.17, 15) is 17.2 Å². The van der Waals surface area contributed by atoms with Gasteiger partial charge in [0.05, 0.1) is 4.90 Å². The van der Waals surface area contributed by atoms with Gasteiger partial charge in [0.1, 0.15) is 12.4 Å². The van der Waals surface area contributed by atoms with Gasteiger partial charge in [-0.05, 0) is 42.8 Å². The van der Waals surface area contributed by atoms with Gasteiger partial charge in [-0.25, -0.2) is 21.9 Å². The molecule has 0 heterocycles. The van der Waals surface area contributed by atoms with Crippen molar-refractivity contribution in [1.82, 2.24) is 4.72 Å². The first kappa shape index (κ1) is 17.7. The number of hydrogen-bond acceptors (Lipinski definition) is 3. The minimum Gasteiger partial charge on any atom is -0.489 e. The number of ether oxygens (including phenoxy) is 1. The van der Waals surface area contributed by atoms with Gasteiger partial charge in [-0.3, -0.25) is 0 Å². The molecule has 0 saturated carbocycles. The molecular weight excluding hydrogens is 348 g/mol. The highest BCUT2D eigenvalue weighted by Crippen LogP contribution is 2.19. The fraction of sp³-hybridized carbons (Fsp3) is 0.200. The summed E-state index contributed by atoms with van der Waals surface area (Å²) in [5, 5.41) is 0.471. The third-order valence-electron chi connectivity index (χ3n) is 2.99. The molecule has 124 valence electrons. The molecule has 0 radical (unpaired) electrons. The van der Waals surface area contributed by atoms with Crippen LogP contribution < -0.4 is 9.46 Å². The number of halogens is 3. The number of benzene rings is 2. The van der Waals surface area contributed by atoms with E-state index in [4.69, 9.17) is 16.3 Å². The van der Waals surface area contributed by atoms with Crippen LogP contribution >= 0.6 is 11.6 Å². The molecule has 8 heteroatoms. The van der Waals surface area contributed by atoms with E-state index in [2.05, 4.69) is 4.72 Å². The van der Waals surface area contributed by atoms with Gasteiger partial charge >= 0.3 is 0 Å². The van der Waals surface area contributed by atoms with Crippen molar-refractivity contribution in [3.05, 3.63) is 58.6 Å². The van der Waals surface area contributed by atoms with Crippen LogP contribution in [0.5, 0.6) is 5.75 Å². The first-order valence-corrected chi connectivity index (χ1v) is 8.49. The molecule has 2 aromatic rings.